The maximum Gasteiger partial charge on any atom is 0.511 e. The van der Waals surface area contributed by atoms with Gasteiger partial charge in [-0.15, -0.1) is 12.4 Å². The molecule has 2 N–H and O–H groups in total. The lowest BCUT2D eigenvalue weighted by atomic mass is 10.1. The summed E-state index contributed by atoms with van der Waals surface area (Å²) in [6.45, 7) is 1.96. The third-order valence-electron chi connectivity index (χ3n) is 5.71. The molecule has 2 aromatic rings. The molecule has 2 aliphatic heterocycles. The molecular weight excluding hydrogens is 424 g/mol. The fourth-order valence-corrected chi connectivity index (χ4v) is 4.28. The molecule has 5 rings (SSSR count). The van der Waals surface area contributed by atoms with Crippen molar-refractivity contribution >= 4 is 35.2 Å². The van der Waals surface area contributed by atoms with E-state index in [1.165, 1.54) is 10.8 Å². The van der Waals surface area contributed by atoms with Crippen molar-refractivity contribution in [1.29, 1.82) is 0 Å². The highest BCUT2D eigenvalue weighted by atomic mass is 35.5. The van der Waals surface area contributed by atoms with Gasteiger partial charge in [0, 0.05) is 25.7 Å². The van der Waals surface area contributed by atoms with Gasteiger partial charge in [-0.3, -0.25) is 4.79 Å². The van der Waals surface area contributed by atoms with Gasteiger partial charge in [0.25, 0.3) is 0 Å². The van der Waals surface area contributed by atoms with Crippen LogP contribution in [0.4, 0.5) is 19.3 Å². The van der Waals surface area contributed by atoms with Gasteiger partial charge in [-0.1, -0.05) is 0 Å². The molecule has 162 valence electrons. The molecule has 1 aromatic heterocycles. The molecule has 0 bridgehead atoms. The van der Waals surface area contributed by atoms with Crippen LogP contribution in [0.3, 0.4) is 0 Å². The number of aromatic nitrogens is 1. The third kappa shape index (κ3) is 3.38. The Morgan fingerprint density at radius 3 is 2.73 bits per heavy atom. The number of hydrogen-bond donors (Lipinski definition) is 2. The molecule has 0 unspecified atom stereocenters. The number of halogens is 3. The largest absolute Gasteiger partial charge is 0.511 e. The molecule has 3 aliphatic rings. The first-order chi connectivity index (χ1) is 13.9. The number of carboxylic acid groups (broad SMARTS) is 1. The number of rotatable bonds is 3. The van der Waals surface area contributed by atoms with Crippen LogP contribution >= 0.6 is 12.4 Å². The van der Waals surface area contributed by atoms with Crippen molar-refractivity contribution in [3.05, 3.63) is 34.1 Å². The zero-order valence-electron chi connectivity index (χ0n) is 15.8. The number of morpholine rings is 1. The summed E-state index contributed by atoms with van der Waals surface area (Å²) in [5, 5.41) is 11.9. The van der Waals surface area contributed by atoms with E-state index in [0.29, 0.717) is 26.2 Å². The monoisotopic (exact) mass is 443 g/mol. The lowest BCUT2D eigenvalue weighted by Gasteiger charge is -2.25. The van der Waals surface area contributed by atoms with Gasteiger partial charge in [0.05, 0.1) is 35.9 Å². The minimum absolute atomic E-state index is 0. The molecule has 2 atom stereocenters. The van der Waals surface area contributed by atoms with E-state index in [4.69, 9.17) is 9.84 Å². The van der Waals surface area contributed by atoms with Crippen molar-refractivity contribution in [1.82, 2.24) is 9.88 Å². The summed E-state index contributed by atoms with van der Waals surface area (Å²) in [6, 6.07) is 0.864. The molecule has 11 heteroatoms. The molecule has 0 spiro atoms. The van der Waals surface area contributed by atoms with Gasteiger partial charge in [-0.05, 0) is 18.9 Å². The Hall–Kier alpha value is -2.43. The van der Waals surface area contributed by atoms with Gasteiger partial charge < -0.3 is 29.4 Å². The van der Waals surface area contributed by atoms with Crippen LogP contribution in [0.2, 0.25) is 0 Å². The van der Waals surface area contributed by atoms with Gasteiger partial charge >= 0.3 is 6.16 Å². The van der Waals surface area contributed by atoms with Crippen LogP contribution in [0.5, 0.6) is 5.75 Å². The number of benzene rings is 1. The number of nitrogens with zero attached hydrogens (tertiary/aromatic N) is 2. The first-order valence-corrected chi connectivity index (χ1v) is 9.51. The smallest absolute Gasteiger partial charge is 0.449 e. The highest BCUT2D eigenvalue weighted by Gasteiger charge is 2.38. The van der Waals surface area contributed by atoms with Gasteiger partial charge in [-0.2, -0.15) is 0 Å². The molecule has 3 fully saturated rings. The van der Waals surface area contributed by atoms with Crippen molar-refractivity contribution in [3.63, 3.8) is 0 Å². The van der Waals surface area contributed by atoms with Gasteiger partial charge in [-0.25, -0.2) is 13.6 Å². The number of nitrogens with one attached hydrogen (secondary N) is 1. The molecule has 1 saturated carbocycles. The Bertz CT molecular complexity index is 1060. The molecule has 1 aromatic carbocycles. The first-order valence-electron chi connectivity index (χ1n) is 9.51. The first kappa shape index (κ1) is 20.8. The van der Waals surface area contributed by atoms with Crippen LogP contribution in [0.1, 0.15) is 18.9 Å². The predicted octanol–water partition coefficient (Wildman–Crippen LogP) is 2.27. The predicted molar refractivity (Wildman–Crippen MR) is 106 cm³/mol. The maximum absolute atomic E-state index is 15.6. The van der Waals surface area contributed by atoms with E-state index in [9.17, 15) is 14.0 Å². The summed E-state index contributed by atoms with van der Waals surface area (Å²) in [5.74, 6) is -2.17. The lowest BCUT2D eigenvalue weighted by molar-refractivity contribution is 0.0212. The summed E-state index contributed by atoms with van der Waals surface area (Å²) in [7, 11) is 0. The number of ether oxygens (including phenoxy) is 2. The normalized spacial score (nSPS) is 23.2. The van der Waals surface area contributed by atoms with Crippen LogP contribution in [-0.2, 0) is 4.74 Å². The number of hydrogen-bond acceptors (Lipinski definition) is 6. The zero-order valence-corrected chi connectivity index (χ0v) is 16.6. The van der Waals surface area contributed by atoms with Crippen molar-refractivity contribution in [3.8, 4) is 5.75 Å². The highest BCUT2D eigenvalue weighted by molar-refractivity contribution is 5.86. The number of fused-ring (bicyclic) bond motifs is 2. The molecule has 2 saturated heterocycles. The van der Waals surface area contributed by atoms with Crippen LogP contribution in [-0.4, -0.2) is 54.2 Å². The van der Waals surface area contributed by atoms with Crippen LogP contribution in [0, 0.1) is 11.6 Å². The Morgan fingerprint density at radius 1 is 1.30 bits per heavy atom. The standard InChI is InChI=1S/C19H19F2N3O5.ClH/c20-11-5-10-16(24(9-1-2-9)8-14(18(10)25)29-19(26)27)15(21)17(11)23-6-12-13(7-23)28-4-3-22-12;/h5,8-9,12-13,22H,1-4,6-7H2,(H,26,27);1H/t12-,13+;/m1./s1. The SMILES string of the molecule is Cl.O=C(O)Oc1cn(C2CC2)c2c(F)c(N3C[C@@H]4OCCN[C@@H]4C3)c(F)cc2c1=O. The second kappa shape index (κ2) is 7.68. The van der Waals surface area contributed by atoms with E-state index >= 15 is 4.39 Å². The van der Waals surface area contributed by atoms with Crippen LogP contribution in [0.15, 0.2) is 17.1 Å². The molecule has 0 radical (unpaired) electrons. The zero-order chi connectivity index (χ0) is 20.3. The average Bonchev–Trinajstić information content (AvgIpc) is 3.43. The van der Waals surface area contributed by atoms with Gasteiger partial charge in [0.1, 0.15) is 11.5 Å². The van der Waals surface area contributed by atoms with Crippen LogP contribution < -0.4 is 20.4 Å². The minimum atomic E-state index is -1.66. The summed E-state index contributed by atoms with van der Waals surface area (Å²) in [5.41, 5.74) is -1.09. The Kier molecular flexibility index (Phi) is 5.33. The fourth-order valence-electron chi connectivity index (χ4n) is 4.28. The van der Waals surface area contributed by atoms with Crippen molar-refractivity contribution in [2.24, 2.45) is 0 Å². The minimum Gasteiger partial charge on any atom is -0.449 e. The number of pyridine rings is 1. The van der Waals surface area contributed by atoms with E-state index in [0.717, 1.165) is 18.9 Å². The Labute approximate surface area is 175 Å². The fraction of sp³-hybridized carbons (Fsp3) is 0.474. The second-order valence-electron chi connectivity index (χ2n) is 7.62. The summed E-state index contributed by atoms with van der Waals surface area (Å²) in [6.07, 6.45) is 0.893. The highest BCUT2D eigenvalue weighted by Crippen LogP contribution is 2.40. The maximum atomic E-state index is 15.6. The second-order valence-corrected chi connectivity index (χ2v) is 7.62. The molecule has 0 amide bonds. The van der Waals surface area contributed by atoms with Gasteiger partial charge in [0.2, 0.25) is 5.43 Å². The molecule has 3 heterocycles. The Morgan fingerprint density at radius 2 is 2.07 bits per heavy atom. The van der Waals surface area contributed by atoms with Crippen molar-refractivity contribution < 1.29 is 28.2 Å². The third-order valence-corrected chi connectivity index (χ3v) is 5.71. The quantitative estimate of drug-likeness (QED) is 0.703. The summed E-state index contributed by atoms with van der Waals surface area (Å²) < 4.78 is 42.3. The molecular formula is C19H20ClF2N3O5. The summed E-state index contributed by atoms with van der Waals surface area (Å²) in [4.78, 5) is 25.1. The molecule has 1 aliphatic carbocycles. The summed E-state index contributed by atoms with van der Waals surface area (Å²) >= 11 is 0. The van der Waals surface area contributed by atoms with E-state index < -0.39 is 29.0 Å². The average molecular weight is 444 g/mol. The van der Waals surface area contributed by atoms with Crippen molar-refractivity contribution in [2.75, 3.05) is 31.1 Å². The van der Waals surface area contributed by atoms with Crippen molar-refractivity contribution in [2.45, 2.75) is 31.0 Å². The lowest BCUT2D eigenvalue weighted by Crippen LogP contribution is -2.47. The van der Waals surface area contributed by atoms with Crippen LogP contribution in [0.25, 0.3) is 10.9 Å². The number of anilines is 1. The molecule has 8 nitrogen and oxygen atoms in total. The molecule has 30 heavy (non-hydrogen) atoms. The Balaban J connectivity index is 0.00000218. The van der Waals surface area contributed by atoms with Gasteiger partial charge in [0.15, 0.2) is 11.6 Å². The number of carbonyl (C=O) groups is 1. The topological polar surface area (TPSA) is 93.0 Å². The van der Waals surface area contributed by atoms with E-state index in [-0.39, 0.29) is 47.2 Å². The van der Waals surface area contributed by atoms with E-state index in [2.05, 4.69) is 10.1 Å². The van der Waals surface area contributed by atoms with E-state index in [1.807, 2.05) is 0 Å². The van der Waals surface area contributed by atoms with E-state index in [1.54, 1.807) is 4.90 Å².